The molecule has 1 unspecified atom stereocenters. The Morgan fingerprint density at radius 3 is 2.44 bits per heavy atom. The molecule has 1 amide bonds. The molecule has 0 spiro atoms. The van der Waals surface area contributed by atoms with Gasteiger partial charge in [0.25, 0.3) is 5.91 Å². The van der Waals surface area contributed by atoms with Crippen LogP contribution < -0.4 is 14.8 Å². The molecule has 32 heavy (non-hydrogen) atoms. The molecule has 11 heteroatoms. The number of H-pyrrole nitrogens is 1. The maximum Gasteiger partial charge on any atom is 0.323 e. The maximum absolute atomic E-state index is 12.4. The Morgan fingerprint density at radius 1 is 1.09 bits per heavy atom. The van der Waals surface area contributed by atoms with Gasteiger partial charge in [-0.1, -0.05) is 18.2 Å². The molecule has 3 aromatic rings. The average Bonchev–Trinajstić information content (AvgIpc) is 3.31. The van der Waals surface area contributed by atoms with Crippen molar-refractivity contribution >= 4 is 21.9 Å². The van der Waals surface area contributed by atoms with E-state index < -0.39 is 34.5 Å². The number of aromatic amines is 1. The first kappa shape index (κ1) is 23.0. The molecule has 0 aliphatic rings. The van der Waals surface area contributed by atoms with Crippen molar-refractivity contribution in [2.24, 2.45) is 0 Å². The van der Waals surface area contributed by atoms with Gasteiger partial charge < -0.3 is 20.1 Å². The van der Waals surface area contributed by atoms with Crippen LogP contribution in [-0.4, -0.2) is 54.6 Å². The first-order chi connectivity index (χ1) is 15.3. The van der Waals surface area contributed by atoms with Crippen LogP contribution in [-0.2, 0) is 21.2 Å². The highest BCUT2D eigenvalue weighted by atomic mass is 32.2. The van der Waals surface area contributed by atoms with Gasteiger partial charge in [0.1, 0.15) is 11.8 Å². The van der Waals surface area contributed by atoms with E-state index in [0.29, 0.717) is 18.8 Å². The Kier molecular flexibility index (Phi) is 7.58. The number of hydrogen-bond acceptors (Lipinski definition) is 6. The van der Waals surface area contributed by atoms with E-state index in [1.807, 2.05) is 0 Å². The minimum Gasteiger partial charge on any atom is -0.493 e. The van der Waals surface area contributed by atoms with Crippen LogP contribution in [0.25, 0.3) is 0 Å². The lowest BCUT2D eigenvalue weighted by Crippen LogP contribution is -2.48. The molecule has 2 aromatic carbocycles. The zero-order chi connectivity index (χ0) is 23.0. The summed E-state index contributed by atoms with van der Waals surface area (Å²) in [5.41, 5.74) is 1.15. The molecule has 0 aliphatic heterocycles. The van der Waals surface area contributed by atoms with Crippen molar-refractivity contribution in [3.63, 3.8) is 0 Å². The predicted octanol–water partition coefficient (Wildman–Crippen LogP) is 1.19. The minimum atomic E-state index is -4.05. The molecule has 168 valence electrons. The molecule has 0 radical (unpaired) electrons. The molecule has 0 aliphatic carbocycles. The number of carboxylic acids is 1. The summed E-state index contributed by atoms with van der Waals surface area (Å²) in [6, 6.07) is 12.1. The van der Waals surface area contributed by atoms with E-state index in [4.69, 9.17) is 4.74 Å². The number of hydrogen-bond donors (Lipinski definition) is 4. The molecular weight excluding hydrogens is 436 g/mol. The third-order valence-electron chi connectivity index (χ3n) is 4.41. The number of carboxylic acid groups (broad SMARTS) is 1. The topological polar surface area (TPSA) is 150 Å². The third kappa shape index (κ3) is 6.40. The van der Waals surface area contributed by atoms with E-state index in [1.165, 1.54) is 36.4 Å². The van der Waals surface area contributed by atoms with Crippen LogP contribution in [0.5, 0.6) is 5.75 Å². The van der Waals surface area contributed by atoms with Crippen molar-refractivity contribution in [1.82, 2.24) is 20.0 Å². The second kappa shape index (κ2) is 10.6. The number of rotatable bonds is 11. The van der Waals surface area contributed by atoms with E-state index in [0.717, 1.165) is 5.69 Å². The summed E-state index contributed by atoms with van der Waals surface area (Å²) in [4.78, 5) is 30.7. The van der Waals surface area contributed by atoms with Gasteiger partial charge in [0, 0.05) is 24.7 Å². The van der Waals surface area contributed by atoms with Gasteiger partial charge in [0.15, 0.2) is 0 Å². The van der Waals surface area contributed by atoms with Crippen molar-refractivity contribution in [1.29, 1.82) is 0 Å². The number of imidazole rings is 1. The SMILES string of the molecule is O=C(NCC(NS(=O)(=O)c1ccccc1)C(=O)O)c1ccc(OCCc2c[nH]cn2)cc1. The summed E-state index contributed by atoms with van der Waals surface area (Å²) in [6.07, 6.45) is 3.99. The highest BCUT2D eigenvalue weighted by Crippen LogP contribution is 2.13. The summed E-state index contributed by atoms with van der Waals surface area (Å²) < 4.78 is 32.4. The molecule has 1 aromatic heterocycles. The fourth-order valence-electron chi connectivity index (χ4n) is 2.73. The highest BCUT2D eigenvalue weighted by Gasteiger charge is 2.26. The number of ether oxygens (including phenoxy) is 1. The van der Waals surface area contributed by atoms with Crippen molar-refractivity contribution in [2.45, 2.75) is 17.4 Å². The summed E-state index contributed by atoms with van der Waals surface area (Å²) in [5.74, 6) is -1.39. The lowest BCUT2D eigenvalue weighted by Gasteiger charge is -2.16. The lowest BCUT2D eigenvalue weighted by molar-refractivity contribution is -0.138. The zero-order valence-corrected chi connectivity index (χ0v) is 17.7. The van der Waals surface area contributed by atoms with Crippen LogP contribution in [0.4, 0.5) is 0 Å². The van der Waals surface area contributed by atoms with E-state index in [-0.39, 0.29) is 10.5 Å². The third-order valence-corrected chi connectivity index (χ3v) is 5.90. The molecular formula is C21H22N4O6S. The van der Waals surface area contributed by atoms with Crippen LogP contribution in [0.1, 0.15) is 16.1 Å². The Balaban J connectivity index is 1.53. The molecule has 1 atom stereocenters. The minimum absolute atomic E-state index is 0.0690. The number of sulfonamides is 1. The second-order valence-corrected chi connectivity index (χ2v) is 8.43. The maximum atomic E-state index is 12.4. The molecule has 10 nitrogen and oxygen atoms in total. The van der Waals surface area contributed by atoms with E-state index in [1.54, 1.807) is 30.7 Å². The zero-order valence-electron chi connectivity index (χ0n) is 16.9. The average molecular weight is 458 g/mol. The molecule has 3 rings (SSSR count). The van der Waals surface area contributed by atoms with Crippen molar-refractivity contribution in [2.75, 3.05) is 13.2 Å². The number of nitrogens with zero attached hydrogens (tertiary/aromatic N) is 1. The largest absolute Gasteiger partial charge is 0.493 e. The van der Waals surface area contributed by atoms with Gasteiger partial charge in [-0.15, -0.1) is 0 Å². The number of carbonyl (C=O) groups excluding carboxylic acids is 1. The molecule has 0 saturated carbocycles. The quantitative estimate of drug-likeness (QED) is 0.337. The summed E-state index contributed by atoms with van der Waals surface area (Å²) >= 11 is 0. The normalized spacial score (nSPS) is 12.1. The highest BCUT2D eigenvalue weighted by molar-refractivity contribution is 7.89. The Hall–Kier alpha value is -3.70. The van der Waals surface area contributed by atoms with E-state index in [9.17, 15) is 23.1 Å². The van der Waals surface area contributed by atoms with Gasteiger partial charge in [0.2, 0.25) is 10.0 Å². The van der Waals surface area contributed by atoms with E-state index >= 15 is 0 Å². The van der Waals surface area contributed by atoms with Gasteiger partial charge in [-0.05, 0) is 36.4 Å². The van der Waals surface area contributed by atoms with Crippen molar-refractivity contribution in [3.05, 3.63) is 78.4 Å². The molecule has 0 fully saturated rings. The fourth-order valence-corrected chi connectivity index (χ4v) is 3.95. The van der Waals surface area contributed by atoms with Crippen molar-refractivity contribution < 1.29 is 27.9 Å². The number of carbonyl (C=O) groups is 2. The Bertz CT molecular complexity index is 1130. The number of aromatic nitrogens is 2. The van der Waals surface area contributed by atoms with E-state index in [2.05, 4.69) is 20.0 Å². The van der Waals surface area contributed by atoms with Gasteiger partial charge in [-0.3, -0.25) is 9.59 Å². The van der Waals surface area contributed by atoms with Crippen LogP contribution in [0.3, 0.4) is 0 Å². The lowest BCUT2D eigenvalue weighted by atomic mass is 10.2. The van der Waals surface area contributed by atoms with Crippen LogP contribution in [0.15, 0.2) is 72.0 Å². The summed E-state index contributed by atoms with van der Waals surface area (Å²) in [7, 11) is -4.05. The molecule has 0 saturated heterocycles. The van der Waals surface area contributed by atoms with Crippen LogP contribution in [0.2, 0.25) is 0 Å². The van der Waals surface area contributed by atoms with Gasteiger partial charge in [-0.2, -0.15) is 4.72 Å². The first-order valence-corrected chi connectivity index (χ1v) is 11.1. The monoisotopic (exact) mass is 458 g/mol. The number of nitrogens with one attached hydrogen (secondary N) is 3. The first-order valence-electron chi connectivity index (χ1n) is 9.64. The van der Waals surface area contributed by atoms with Gasteiger partial charge >= 0.3 is 5.97 Å². The summed E-state index contributed by atoms with van der Waals surface area (Å²) in [6.45, 7) is -0.0135. The molecule has 1 heterocycles. The fraction of sp³-hybridized carbons (Fsp3) is 0.190. The van der Waals surface area contributed by atoms with Crippen LogP contribution in [0, 0.1) is 0 Å². The molecule has 0 bridgehead atoms. The van der Waals surface area contributed by atoms with Gasteiger partial charge in [0.05, 0.1) is 23.5 Å². The Morgan fingerprint density at radius 2 is 1.81 bits per heavy atom. The van der Waals surface area contributed by atoms with Gasteiger partial charge in [-0.25, -0.2) is 13.4 Å². The number of benzene rings is 2. The number of aliphatic carboxylic acids is 1. The standard InChI is InChI=1S/C21H22N4O6S/c26-20(15-6-8-17(9-7-15)31-11-10-16-12-22-14-24-16)23-13-19(21(27)28)25-32(29,30)18-4-2-1-3-5-18/h1-9,12,14,19,25H,10-11,13H2,(H,22,24)(H,23,26)(H,27,28). The second-order valence-electron chi connectivity index (χ2n) is 6.72. The van der Waals surface area contributed by atoms with Crippen LogP contribution >= 0.6 is 0 Å². The molecule has 4 N–H and O–H groups in total. The number of amides is 1. The van der Waals surface area contributed by atoms with Crippen molar-refractivity contribution in [3.8, 4) is 5.75 Å². The predicted molar refractivity (Wildman–Crippen MR) is 115 cm³/mol. The smallest absolute Gasteiger partial charge is 0.323 e. The Labute approximate surface area is 184 Å². The summed E-state index contributed by atoms with van der Waals surface area (Å²) in [5, 5.41) is 11.8.